The molecule has 1 heterocycles. The maximum Gasteiger partial charge on any atom is 0.0534 e. The molecule has 1 atom stereocenters. The molecule has 4 heteroatoms. The van der Waals surface area contributed by atoms with E-state index < -0.39 is 0 Å². The second-order valence-corrected chi connectivity index (χ2v) is 5.27. The zero-order valence-corrected chi connectivity index (χ0v) is 12.3. The maximum atomic E-state index is 4.27. The van der Waals surface area contributed by atoms with Gasteiger partial charge >= 0.3 is 0 Å². The minimum Gasteiger partial charge on any atom is -0.306 e. The Morgan fingerprint density at radius 3 is 2.67 bits per heavy atom. The molecule has 0 aliphatic heterocycles. The first kappa shape index (κ1) is 13.3. The third kappa shape index (κ3) is 3.43. The Morgan fingerprint density at radius 1 is 1.33 bits per heavy atom. The van der Waals surface area contributed by atoms with Crippen molar-refractivity contribution < 1.29 is 0 Å². The molecule has 2 rings (SSSR count). The lowest BCUT2D eigenvalue weighted by Gasteiger charge is -2.13. The molecule has 0 aliphatic rings. The zero-order chi connectivity index (χ0) is 13.0. The summed E-state index contributed by atoms with van der Waals surface area (Å²) in [5.74, 6) is 0. The fourth-order valence-electron chi connectivity index (χ4n) is 1.81. The van der Waals surface area contributed by atoms with E-state index in [1.54, 1.807) is 0 Å². The van der Waals surface area contributed by atoms with E-state index in [9.17, 15) is 0 Å². The van der Waals surface area contributed by atoms with Gasteiger partial charge in [0.2, 0.25) is 0 Å². The van der Waals surface area contributed by atoms with Crippen LogP contribution in [0.4, 0.5) is 0 Å². The minimum absolute atomic E-state index is 0.336. The molecular weight excluding hydrogens is 290 g/mol. The summed E-state index contributed by atoms with van der Waals surface area (Å²) in [6.07, 6.45) is 4.01. The highest BCUT2D eigenvalue weighted by atomic mass is 79.9. The Balaban J connectivity index is 1.91. The van der Waals surface area contributed by atoms with E-state index in [-0.39, 0.29) is 0 Å². The highest BCUT2D eigenvalue weighted by Crippen LogP contribution is 2.16. The highest BCUT2D eigenvalue weighted by Gasteiger charge is 2.05. The number of halogens is 1. The van der Waals surface area contributed by atoms with Gasteiger partial charge in [0, 0.05) is 35.4 Å². The summed E-state index contributed by atoms with van der Waals surface area (Å²) in [7, 11) is 0. The maximum absolute atomic E-state index is 4.27. The van der Waals surface area contributed by atoms with Crippen LogP contribution in [0.15, 0.2) is 41.1 Å². The van der Waals surface area contributed by atoms with Crippen molar-refractivity contribution in [2.75, 3.05) is 0 Å². The predicted octanol–water partition coefficient (Wildman–Crippen LogP) is 3.52. The van der Waals surface area contributed by atoms with Gasteiger partial charge in [-0.05, 0) is 31.5 Å². The number of hydrogen-bond donors (Lipinski definition) is 1. The van der Waals surface area contributed by atoms with Gasteiger partial charge in [-0.25, -0.2) is 0 Å². The number of nitrogens with zero attached hydrogens (tertiary/aromatic N) is 2. The van der Waals surface area contributed by atoms with Crippen LogP contribution in [0.25, 0.3) is 0 Å². The molecule has 0 bridgehead atoms. The molecule has 0 fully saturated rings. The normalized spacial score (nSPS) is 12.6. The minimum atomic E-state index is 0.336. The summed E-state index contributed by atoms with van der Waals surface area (Å²) in [6.45, 7) is 6.03. The van der Waals surface area contributed by atoms with Crippen molar-refractivity contribution in [2.45, 2.75) is 33.0 Å². The monoisotopic (exact) mass is 307 g/mol. The first-order valence-corrected chi connectivity index (χ1v) is 6.98. The first-order chi connectivity index (χ1) is 8.69. The average molecular weight is 308 g/mol. The SMILES string of the molecule is CCn1cc(CN[C@H](C)c2ccc(Br)cc2)cn1. The molecule has 1 N–H and O–H groups in total. The number of aryl methyl sites for hydroxylation is 1. The van der Waals surface area contributed by atoms with Crippen LogP contribution >= 0.6 is 15.9 Å². The molecule has 0 spiro atoms. The van der Waals surface area contributed by atoms with Gasteiger partial charge in [0.05, 0.1) is 6.20 Å². The van der Waals surface area contributed by atoms with E-state index >= 15 is 0 Å². The molecule has 0 radical (unpaired) electrons. The van der Waals surface area contributed by atoms with Crippen LogP contribution in [0.5, 0.6) is 0 Å². The number of rotatable bonds is 5. The molecule has 0 saturated carbocycles. The second-order valence-electron chi connectivity index (χ2n) is 4.36. The average Bonchev–Trinajstić information content (AvgIpc) is 2.85. The number of aromatic nitrogens is 2. The summed E-state index contributed by atoms with van der Waals surface area (Å²) in [6, 6.07) is 8.75. The fourth-order valence-corrected chi connectivity index (χ4v) is 2.08. The van der Waals surface area contributed by atoms with Gasteiger partial charge in [-0.1, -0.05) is 28.1 Å². The van der Waals surface area contributed by atoms with Gasteiger partial charge < -0.3 is 5.32 Å². The van der Waals surface area contributed by atoms with Gasteiger partial charge in [0.25, 0.3) is 0 Å². The van der Waals surface area contributed by atoms with Crippen molar-refractivity contribution in [1.82, 2.24) is 15.1 Å². The molecule has 3 nitrogen and oxygen atoms in total. The topological polar surface area (TPSA) is 29.9 Å². The molecule has 0 unspecified atom stereocenters. The Bertz CT molecular complexity index is 490. The van der Waals surface area contributed by atoms with Gasteiger partial charge in [0.15, 0.2) is 0 Å². The number of benzene rings is 1. The van der Waals surface area contributed by atoms with Crippen molar-refractivity contribution >= 4 is 15.9 Å². The summed E-state index contributed by atoms with van der Waals surface area (Å²) in [5, 5.41) is 7.77. The van der Waals surface area contributed by atoms with Crippen LogP contribution in [0.2, 0.25) is 0 Å². The fraction of sp³-hybridized carbons (Fsp3) is 0.357. The van der Waals surface area contributed by atoms with Crippen molar-refractivity contribution in [3.8, 4) is 0 Å². The molecule has 0 saturated heterocycles. The predicted molar refractivity (Wildman–Crippen MR) is 77.3 cm³/mol. The highest BCUT2D eigenvalue weighted by molar-refractivity contribution is 9.10. The lowest BCUT2D eigenvalue weighted by molar-refractivity contribution is 0.573. The van der Waals surface area contributed by atoms with Crippen molar-refractivity contribution in [1.29, 1.82) is 0 Å². The quantitative estimate of drug-likeness (QED) is 0.916. The standard InChI is InChI=1S/C14H18BrN3/c1-3-18-10-12(9-17-18)8-16-11(2)13-4-6-14(15)7-5-13/h4-7,9-11,16H,3,8H2,1-2H3/t11-/m1/s1. The Labute approximate surface area is 116 Å². The van der Waals surface area contributed by atoms with Gasteiger partial charge in [-0.3, -0.25) is 4.68 Å². The van der Waals surface area contributed by atoms with Crippen LogP contribution in [0.1, 0.15) is 31.0 Å². The van der Waals surface area contributed by atoms with Crippen LogP contribution in [0, 0.1) is 0 Å². The van der Waals surface area contributed by atoms with E-state index in [0.29, 0.717) is 6.04 Å². The van der Waals surface area contributed by atoms with Gasteiger partial charge in [-0.2, -0.15) is 5.10 Å². The second kappa shape index (κ2) is 6.16. The van der Waals surface area contributed by atoms with E-state index in [2.05, 4.69) is 70.7 Å². The van der Waals surface area contributed by atoms with E-state index in [1.807, 2.05) is 10.9 Å². The van der Waals surface area contributed by atoms with Crippen LogP contribution < -0.4 is 5.32 Å². The number of nitrogens with one attached hydrogen (secondary N) is 1. The van der Waals surface area contributed by atoms with Gasteiger partial charge in [0.1, 0.15) is 0 Å². The molecule has 0 aliphatic carbocycles. The summed E-state index contributed by atoms with van der Waals surface area (Å²) >= 11 is 3.45. The first-order valence-electron chi connectivity index (χ1n) is 6.19. The largest absolute Gasteiger partial charge is 0.306 e. The van der Waals surface area contributed by atoms with E-state index in [0.717, 1.165) is 17.6 Å². The lowest BCUT2D eigenvalue weighted by atomic mass is 10.1. The Morgan fingerprint density at radius 2 is 2.06 bits per heavy atom. The van der Waals surface area contributed by atoms with E-state index in [1.165, 1.54) is 11.1 Å². The molecule has 0 amide bonds. The van der Waals surface area contributed by atoms with Crippen molar-refractivity contribution in [2.24, 2.45) is 0 Å². The molecular formula is C14H18BrN3. The third-order valence-corrected chi connectivity index (χ3v) is 3.52. The van der Waals surface area contributed by atoms with Crippen LogP contribution in [0.3, 0.4) is 0 Å². The summed E-state index contributed by atoms with van der Waals surface area (Å²) in [4.78, 5) is 0. The number of hydrogen-bond acceptors (Lipinski definition) is 2. The summed E-state index contributed by atoms with van der Waals surface area (Å²) in [5.41, 5.74) is 2.52. The smallest absolute Gasteiger partial charge is 0.0534 e. The van der Waals surface area contributed by atoms with Crippen molar-refractivity contribution in [3.63, 3.8) is 0 Å². The molecule has 2 aromatic rings. The Kier molecular flexibility index (Phi) is 4.55. The molecule has 18 heavy (non-hydrogen) atoms. The third-order valence-electron chi connectivity index (χ3n) is 2.99. The van der Waals surface area contributed by atoms with Gasteiger partial charge in [-0.15, -0.1) is 0 Å². The van der Waals surface area contributed by atoms with Crippen molar-refractivity contribution in [3.05, 3.63) is 52.3 Å². The van der Waals surface area contributed by atoms with Crippen LogP contribution in [-0.4, -0.2) is 9.78 Å². The summed E-state index contributed by atoms with van der Waals surface area (Å²) < 4.78 is 3.06. The molecule has 96 valence electrons. The van der Waals surface area contributed by atoms with Crippen LogP contribution in [-0.2, 0) is 13.1 Å². The Hall–Kier alpha value is -1.13. The zero-order valence-electron chi connectivity index (χ0n) is 10.7. The lowest BCUT2D eigenvalue weighted by Crippen LogP contribution is -2.17. The molecule has 1 aromatic heterocycles. The molecule has 1 aromatic carbocycles. The van der Waals surface area contributed by atoms with E-state index in [4.69, 9.17) is 0 Å².